The van der Waals surface area contributed by atoms with Gasteiger partial charge in [0.1, 0.15) is 17.2 Å². The second-order valence-electron chi connectivity index (χ2n) is 6.43. The van der Waals surface area contributed by atoms with E-state index >= 15 is 0 Å². The first-order valence-electron chi connectivity index (χ1n) is 8.91. The molecule has 29 heavy (non-hydrogen) atoms. The van der Waals surface area contributed by atoms with Gasteiger partial charge in [0.05, 0.1) is 23.9 Å². The van der Waals surface area contributed by atoms with Crippen molar-refractivity contribution in [2.45, 2.75) is 6.92 Å². The summed E-state index contributed by atoms with van der Waals surface area (Å²) >= 11 is 0. The molecular weight excluding hydrogens is 370 g/mol. The summed E-state index contributed by atoms with van der Waals surface area (Å²) in [5, 5.41) is 0. The average Bonchev–Trinajstić information content (AvgIpc) is 3.04. The Labute approximate surface area is 167 Å². The fraction of sp³-hybridized carbons (Fsp3) is 0.0870. The summed E-state index contributed by atoms with van der Waals surface area (Å²) in [4.78, 5) is 29.3. The molecule has 0 saturated heterocycles. The Morgan fingerprint density at radius 3 is 2.69 bits per heavy atom. The van der Waals surface area contributed by atoms with E-state index in [-0.39, 0.29) is 11.5 Å². The number of aromatic nitrogens is 1. The van der Waals surface area contributed by atoms with Crippen molar-refractivity contribution in [3.63, 3.8) is 0 Å². The molecule has 6 heteroatoms. The number of allylic oxidation sites excluding steroid dienone is 1. The molecule has 0 N–H and O–H groups in total. The van der Waals surface area contributed by atoms with E-state index in [1.165, 1.54) is 13.2 Å². The third kappa shape index (κ3) is 3.73. The molecule has 6 nitrogen and oxygen atoms in total. The number of fused-ring (bicyclic) bond motifs is 1. The van der Waals surface area contributed by atoms with Crippen molar-refractivity contribution in [1.82, 2.24) is 4.98 Å². The Bertz CT molecular complexity index is 1140. The van der Waals surface area contributed by atoms with Crippen LogP contribution in [0, 0.1) is 6.92 Å². The van der Waals surface area contributed by atoms with E-state index in [4.69, 9.17) is 14.2 Å². The van der Waals surface area contributed by atoms with Crippen molar-refractivity contribution in [2.75, 3.05) is 7.11 Å². The molecule has 0 aliphatic carbocycles. The van der Waals surface area contributed by atoms with Crippen LogP contribution >= 0.6 is 0 Å². The van der Waals surface area contributed by atoms with Crippen LogP contribution in [0.1, 0.15) is 32.0 Å². The minimum atomic E-state index is -0.531. The summed E-state index contributed by atoms with van der Waals surface area (Å²) in [6.07, 6.45) is 3.23. The topological polar surface area (TPSA) is 74.7 Å². The van der Waals surface area contributed by atoms with Gasteiger partial charge in [-0.3, -0.25) is 9.78 Å². The van der Waals surface area contributed by atoms with Gasteiger partial charge < -0.3 is 14.2 Å². The molecule has 144 valence electrons. The maximum Gasteiger partial charge on any atom is 0.343 e. The predicted octanol–water partition coefficient (Wildman–Crippen LogP) is 4.23. The summed E-state index contributed by atoms with van der Waals surface area (Å²) in [6.45, 7) is 1.77. The van der Waals surface area contributed by atoms with E-state index in [1.807, 2.05) is 6.07 Å². The average molecular weight is 387 g/mol. The first-order valence-corrected chi connectivity index (χ1v) is 8.91. The quantitative estimate of drug-likeness (QED) is 0.379. The van der Waals surface area contributed by atoms with Gasteiger partial charge in [-0.05, 0) is 48.9 Å². The van der Waals surface area contributed by atoms with Gasteiger partial charge >= 0.3 is 5.97 Å². The smallest absolute Gasteiger partial charge is 0.343 e. The van der Waals surface area contributed by atoms with Crippen LogP contribution in [0.5, 0.6) is 17.2 Å². The van der Waals surface area contributed by atoms with Gasteiger partial charge in [0.15, 0.2) is 5.76 Å². The maximum absolute atomic E-state index is 12.7. The van der Waals surface area contributed by atoms with E-state index in [1.54, 1.807) is 61.7 Å². The number of Topliss-reactive ketones (excluding diaryl/α,β-unsaturated/α-hetero) is 1. The van der Waals surface area contributed by atoms with E-state index in [0.717, 1.165) is 0 Å². The van der Waals surface area contributed by atoms with Crippen LogP contribution in [0.15, 0.2) is 66.6 Å². The lowest BCUT2D eigenvalue weighted by atomic mass is 10.0. The highest BCUT2D eigenvalue weighted by molar-refractivity contribution is 6.15. The maximum atomic E-state index is 12.7. The Kier molecular flexibility index (Phi) is 4.83. The number of benzene rings is 2. The summed E-state index contributed by atoms with van der Waals surface area (Å²) in [6, 6.07) is 15.3. The van der Waals surface area contributed by atoms with Crippen molar-refractivity contribution >= 4 is 17.8 Å². The molecule has 1 aromatic heterocycles. The SMILES string of the molecule is COc1cccc(C(=O)Oc2cc(C)c3c(c2)O/C(=C\c2ccccn2)C3=O)c1. The Balaban J connectivity index is 1.60. The molecular formula is C23H17NO5. The third-order valence-corrected chi connectivity index (χ3v) is 4.43. The predicted molar refractivity (Wildman–Crippen MR) is 106 cm³/mol. The Morgan fingerprint density at radius 2 is 1.93 bits per heavy atom. The number of ether oxygens (including phenoxy) is 3. The zero-order chi connectivity index (χ0) is 20.4. The fourth-order valence-corrected chi connectivity index (χ4v) is 3.05. The highest BCUT2D eigenvalue weighted by Crippen LogP contribution is 2.37. The zero-order valence-electron chi connectivity index (χ0n) is 15.8. The van der Waals surface area contributed by atoms with Crippen molar-refractivity contribution in [3.8, 4) is 17.2 Å². The molecule has 4 rings (SSSR count). The molecule has 0 bridgehead atoms. The standard InChI is InChI=1S/C23H17NO5/c1-14-10-18(28-23(26)15-6-5-8-17(11-15)27-2)13-19-21(14)22(25)20(29-19)12-16-7-3-4-9-24-16/h3-13H,1-2H3/b20-12-. The van der Waals surface area contributed by atoms with Crippen LogP contribution in [0.2, 0.25) is 0 Å². The fourth-order valence-electron chi connectivity index (χ4n) is 3.05. The number of carbonyl (C=O) groups excluding carboxylic acids is 2. The number of esters is 1. The Hall–Kier alpha value is -3.93. The van der Waals surface area contributed by atoms with E-state index in [0.29, 0.717) is 39.6 Å². The molecule has 0 spiro atoms. The van der Waals surface area contributed by atoms with Crippen molar-refractivity contribution in [3.05, 3.63) is 88.9 Å². The molecule has 3 aromatic rings. The molecule has 1 aliphatic heterocycles. The summed E-state index contributed by atoms with van der Waals surface area (Å²) in [7, 11) is 1.53. The lowest BCUT2D eigenvalue weighted by molar-refractivity contribution is 0.0734. The van der Waals surface area contributed by atoms with Gasteiger partial charge in [0.25, 0.3) is 0 Å². The summed E-state index contributed by atoms with van der Waals surface area (Å²) < 4.78 is 16.3. The molecule has 0 unspecified atom stereocenters. The lowest BCUT2D eigenvalue weighted by Crippen LogP contribution is -2.09. The molecule has 1 aliphatic rings. The molecule has 0 fully saturated rings. The van der Waals surface area contributed by atoms with Crippen LogP contribution in [0.3, 0.4) is 0 Å². The molecule has 0 atom stereocenters. The van der Waals surface area contributed by atoms with Crippen LogP contribution < -0.4 is 14.2 Å². The van der Waals surface area contributed by atoms with Gasteiger partial charge in [-0.2, -0.15) is 0 Å². The first-order chi connectivity index (χ1) is 14.0. The third-order valence-electron chi connectivity index (χ3n) is 4.43. The summed E-state index contributed by atoms with van der Waals surface area (Å²) in [5.41, 5.74) is 2.08. The molecule has 0 saturated carbocycles. The van der Waals surface area contributed by atoms with Crippen LogP contribution in [0.4, 0.5) is 0 Å². The number of nitrogens with zero attached hydrogens (tertiary/aromatic N) is 1. The second-order valence-corrected chi connectivity index (χ2v) is 6.43. The highest BCUT2D eigenvalue weighted by Gasteiger charge is 2.30. The number of rotatable bonds is 4. The van der Waals surface area contributed by atoms with Gasteiger partial charge in [-0.1, -0.05) is 12.1 Å². The number of ketones is 1. The number of hydrogen-bond donors (Lipinski definition) is 0. The normalized spacial score (nSPS) is 13.7. The number of methoxy groups -OCH3 is 1. The molecule has 0 amide bonds. The van der Waals surface area contributed by atoms with Crippen molar-refractivity contribution in [2.24, 2.45) is 0 Å². The van der Waals surface area contributed by atoms with E-state index in [2.05, 4.69) is 4.98 Å². The van der Waals surface area contributed by atoms with Crippen molar-refractivity contribution in [1.29, 1.82) is 0 Å². The Morgan fingerprint density at radius 1 is 1.07 bits per heavy atom. The number of pyridine rings is 1. The lowest BCUT2D eigenvalue weighted by Gasteiger charge is -2.08. The summed E-state index contributed by atoms with van der Waals surface area (Å²) in [5.74, 6) is 0.623. The van der Waals surface area contributed by atoms with Gasteiger partial charge in [-0.15, -0.1) is 0 Å². The largest absolute Gasteiger partial charge is 0.497 e. The number of hydrogen-bond acceptors (Lipinski definition) is 6. The van der Waals surface area contributed by atoms with Gasteiger partial charge in [0, 0.05) is 18.3 Å². The van der Waals surface area contributed by atoms with E-state index in [9.17, 15) is 9.59 Å². The van der Waals surface area contributed by atoms with Crippen LogP contribution in [-0.4, -0.2) is 23.8 Å². The van der Waals surface area contributed by atoms with Crippen LogP contribution in [0.25, 0.3) is 6.08 Å². The zero-order valence-corrected chi connectivity index (χ0v) is 15.8. The monoisotopic (exact) mass is 387 g/mol. The van der Waals surface area contributed by atoms with Gasteiger partial charge in [-0.25, -0.2) is 4.79 Å². The van der Waals surface area contributed by atoms with Gasteiger partial charge in [0.2, 0.25) is 5.78 Å². The minimum absolute atomic E-state index is 0.179. The molecule has 0 radical (unpaired) electrons. The molecule has 2 heterocycles. The van der Waals surface area contributed by atoms with Crippen LogP contribution in [-0.2, 0) is 0 Å². The van der Waals surface area contributed by atoms with Crippen molar-refractivity contribution < 1.29 is 23.8 Å². The number of carbonyl (C=O) groups is 2. The molecule has 2 aromatic carbocycles. The first kappa shape index (κ1) is 18.4. The highest BCUT2D eigenvalue weighted by atomic mass is 16.5. The van der Waals surface area contributed by atoms with E-state index < -0.39 is 5.97 Å². The number of aryl methyl sites for hydroxylation is 1. The minimum Gasteiger partial charge on any atom is -0.497 e. The second kappa shape index (κ2) is 7.59.